The molecular formula is C27H26N6O. The average molecular weight is 451 g/mol. The quantitative estimate of drug-likeness (QED) is 0.482. The van der Waals surface area contributed by atoms with Crippen LogP contribution in [-0.4, -0.2) is 40.4 Å². The van der Waals surface area contributed by atoms with Gasteiger partial charge in [0.15, 0.2) is 0 Å². The Labute approximate surface area is 198 Å². The molecular weight excluding hydrogens is 424 g/mol. The van der Waals surface area contributed by atoms with Crippen molar-refractivity contribution in [3.05, 3.63) is 71.2 Å². The highest BCUT2D eigenvalue weighted by molar-refractivity contribution is 5.90. The molecule has 0 amide bonds. The minimum absolute atomic E-state index is 0.498. The minimum Gasteiger partial charge on any atom is -0.495 e. The summed E-state index contributed by atoms with van der Waals surface area (Å²) in [5.41, 5.74) is 6.29. The number of hydrogen-bond donors (Lipinski definition) is 2. The van der Waals surface area contributed by atoms with E-state index in [1.165, 1.54) is 5.56 Å². The molecule has 1 fully saturated rings. The number of nitriles is 1. The molecule has 0 radical (unpaired) electrons. The number of methoxy groups -OCH3 is 1. The van der Waals surface area contributed by atoms with Crippen molar-refractivity contribution < 1.29 is 4.74 Å². The van der Waals surface area contributed by atoms with Crippen molar-refractivity contribution in [2.45, 2.75) is 37.0 Å². The molecule has 0 saturated carbocycles. The van der Waals surface area contributed by atoms with Crippen LogP contribution in [0.4, 0.5) is 0 Å². The third-order valence-corrected chi connectivity index (χ3v) is 7.38. The van der Waals surface area contributed by atoms with E-state index in [4.69, 9.17) is 14.7 Å². The Morgan fingerprint density at radius 2 is 2.00 bits per heavy atom. The van der Waals surface area contributed by atoms with Crippen molar-refractivity contribution in [2.24, 2.45) is 0 Å². The monoisotopic (exact) mass is 450 g/mol. The van der Waals surface area contributed by atoms with Gasteiger partial charge in [0.25, 0.3) is 0 Å². The van der Waals surface area contributed by atoms with Crippen LogP contribution >= 0.6 is 0 Å². The maximum atomic E-state index is 10.4. The second kappa shape index (κ2) is 8.23. The predicted octanol–water partition coefficient (Wildman–Crippen LogP) is 4.25. The standard InChI is InChI=1S/C27H26N6O/c1-34-23-14-22-25(31-26(23)27(16-28)11-8-17-4-2-3-5-20(17)27)24(33-32-22)19-6-7-21(30-15-19)18-9-12-29-13-10-18/h2-7,14-15,18,29H,8-13H2,1H3,(H,32,33). The first kappa shape index (κ1) is 20.8. The van der Waals surface area contributed by atoms with Crippen LogP contribution in [0.1, 0.15) is 47.7 Å². The lowest BCUT2D eigenvalue weighted by Gasteiger charge is -2.24. The van der Waals surface area contributed by atoms with E-state index in [0.29, 0.717) is 23.8 Å². The Hall–Kier alpha value is -3.76. The van der Waals surface area contributed by atoms with Crippen molar-refractivity contribution in [1.82, 2.24) is 25.5 Å². The summed E-state index contributed by atoms with van der Waals surface area (Å²) in [7, 11) is 1.62. The third-order valence-electron chi connectivity index (χ3n) is 7.38. The number of H-pyrrole nitrogens is 1. The molecule has 1 saturated heterocycles. The van der Waals surface area contributed by atoms with Crippen LogP contribution in [0.25, 0.3) is 22.3 Å². The molecule has 1 unspecified atom stereocenters. The summed E-state index contributed by atoms with van der Waals surface area (Å²) in [5.74, 6) is 1.10. The highest BCUT2D eigenvalue weighted by Gasteiger charge is 2.44. The molecule has 1 aromatic carbocycles. The van der Waals surface area contributed by atoms with Gasteiger partial charge in [0.2, 0.25) is 0 Å². The van der Waals surface area contributed by atoms with Gasteiger partial charge in [-0.05, 0) is 62.0 Å². The number of piperidine rings is 1. The van der Waals surface area contributed by atoms with Crippen molar-refractivity contribution in [3.63, 3.8) is 0 Å². The van der Waals surface area contributed by atoms with E-state index in [-0.39, 0.29) is 0 Å². The predicted molar refractivity (Wildman–Crippen MR) is 130 cm³/mol. The molecule has 4 heterocycles. The summed E-state index contributed by atoms with van der Waals surface area (Å²) in [5, 5.41) is 21.5. The fourth-order valence-corrected chi connectivity index (χ4v) is 5.52. The number of nitrogens with zero attached hydrogens (tertiary/aromatic N) is 4. The van der Waals surface area contributed by atoms with E-state index in [2.05, 4.69) is 39.8 Å². The lowest BCUT2D eigenvalue weighted by molar-refractivity contribution is 0.399. The van der Waals surface area contributed by atoms with Crippen molar-refractivity contribution in [2.75, 3.05) is 20.2 Å². The Balaban J connectivity index is 1.45. The van der Waals surface area contributed by atoms with Crippen molar-refractivity contribution in [1.29, 1.82) is 5.26 Å². The third kappa shape index (κ3) is 3.17. The average Bonchev–Trinajstić information content (AvgIpc) is 3.50. The molecule has 2 aliphatic rings. The van der Waals surface area contributed by atoms with Crippen LogP contribution in [0.5, 0.6) is 5.75 Å². The summed E-state index contributed by atoms with van der Waals surface area (Å²) in [6, 6.07) is 16.8. The summed E-state index contributed by atoms with van der Waals surface area (Å²) >= 11 is 0. The van der Waals surface area contributed by atoms with E-state index < -0.39 is 5.41 Å². The number of fused-ring (bicyclic) bond motifs is 2. The topological polar surface area (TPSA) is 99.5 Å². The maximum Gasteiger partial charge on any atom is 0.144 e. The number of pyridine rings is 2. The molecule has 1 atom stereocenters. The Morgan fingerprint density at radius 3 is 2.76 bits per heavy atom. The van der Waals surface area contributed by atoms with Gasteiger partial charge in [-0.25, -0.2) is 4.98 Å². The van der Waals surface area contributed by atoms with Crippen LogP contribution in [0.3, 0.4) is 0 Å². The molecule has 6 rings (SSSR count). The smallest absolute Gasteiger partial charge is 0.144 e. The number of aromatic amines is 1. The van der Waals surface area contributed by atoms with E-state index >= 15 is 0 Å². The van der Waals surface area contributed by atoms with Gasteiger partial charge in [-0.15, -0.1) is 0 Å². The normalized spacial score (nSPS) is 20.2. The summed E-state index contributed by atoms with van der Waals surface area (Å²) in [6.07, 6.45) is 5.63. The zero-order valence-electron chi connectivity index (χ0n) is 19.1. The number of ether oxygens (including phenoxy) is 1. The van der Waals surface area contributed by atoms with Gasteiger partial charge in [-0.2, -0.15) is 10.4 Å². The highest BCUT2D eigenvalue weighted by atomic mass is 16.5. The molecule has 2 N–H and O–H groups in total. The molecule has 1 aliphatic heterocycles. The molecule has 4 aromatic rings. The van der Waals surface area contributed by atoms with Gasteiger partial charge in [-0.1, -0.05) is 24.3 Å². The number of hydrogen-bond acceptors (Lipinski definition) is 6. The summed E-state index contributed by atoms with van der Waals surface area (Å²) < 4.78 is 5.73. The first-order valence-corrected chi connectivity index (χ1v) is 11.8. The minimum atomic E-state index is -0.845. The highest BCUT2D eigenvalue weighted by Crippen LogP contribution is 2.47. The number of rotatable bonds is 4. The molecule has 3 aromatic heterocycles. The molecule has 1 aliphatic carbocycles. The Bertz CT molecular complexity index is 1400. The van der Waals surface area contributed by atoms with Crippen molar-refractivity contribution >= 4 is 11.0 Å². The number of aryl methyl sites for hydroxylation is 1. The van der Waals surface area contributed by atoms with E-state index in [1.54, 1.807) is 7.11 Å². The van der Waals surface area contributed by atoms with E-state index in [1.807, 2.05) is 30.5 Å². The summed E-state index contributed by atoms with van der Waals surface area (Å²) in [6.45, 7) is 2.08. The van der Waals surface area contributed by atoms with Gasteiger partial charge in [-0.3, -0.25) is 10.1 Å². The molecule has 0 spiro atoms. The lowest BCUT2D eigenvalue weighted by atomic mass is 9.79. The largest absolute Gasteiger partial charge is 0.495 e. The fraction of sp³-hybridized carbons (Fsp3) is 0.333. The lowest BCUT2D eigenvalue weighted by Crippen LogP contribution is -2.27. The Kier molecular flexibility index (Phi) is 5.04. The van der Waals surface area contributed by atoms with Gasteiger partial charge >= 0.3 is 0 Å². The molecule has 34 heavy (non-hydrogen) atoms. The first-order chi connectivity index (χ1) is 16.7. The van der Waals surface area contributed by atoms with E-state index in [0.717, 1.165) is 65.9 Å². The number of aromatic nitrogens is 4. The van der Waals surface area contributed by atoms with Crippen LogP contribution in [-0.2, 0) is 11.8 Å². The summed E-state index contributed by atoms with van der Waals surface area (Å²) in [4.78, 5) is 9.81. The molecule has 0 bridgehead atoms. The number of benzene rings is 1. The zero-order valence-corrected chi connectivity index (χ0v) is 19.1. The van der Waals surface area contributed by atoms with E-state index in [9.17, 15) is 5.26 Å². The second-order valence-corrected chi connectivity index (χ2v) is 9.18. The second-order valence-electron chi connectivity index (χ2n) is 9.18. The maximum absolute atomic E-state index is 10.4. The SMILES string of the molecule is COc1cc2[nH]nc(-c3ccc(C4CCNCC4)nc3)c2nc1C1(C#N)CCc2ccccc21. The van der Waals surface area contributed by atoms with Crippen molar-refractivity contribution in [3.8, 4) is 23.1 Å². The van der Waals surface area contributed by atoms with Gasteiger partial charge in [0.1, 0.15) is 28.1 Å². The van der Waals surface area contributed by atoms with Crippen LogP contribution in [0.15, 0.2) is 48.7 Å². The fourth-order valence-electron chi connectivity index (χ4n) is 5.52. The van der Waals surface area contributed by atoms with Crippen LogP contribution < -0.4 is 10.1 Å². The van der Waals surface area contributed by atoms with Gasteiger partial charge in [0.05, 0.1) is 18.7 Å². The first-order valence-electron chi connectivity index (χ1n) is 11.8. The Morgan fingerprint density at radius 1 is 1.15 bits per heavy atom. The molecule has 7 nitrogen and oxygen atoms in total. The molecule has 170 valence electrons. The van der Waals surface area contributed by atoms with Crippen LogP contribution in [0.2, 0.25) is 0 Å². The number of nitrogens with one attached hydrogen (secondary N) is 2. The van der Waals surface area contributed by atoms with Gasteiger partial charge in [0, 0.05) is 29.4 Å². The van der Waals surface area contributed by atoms with Crippen LogP contribution in [0, 0.1) is 11.3 Å². The molecule has 7 heteroatoms. The van der Waals surface area contributed by atoms with Gasteiger partial charge < -0.3 is 10.1 Å². The zero-order chi connectivity index (χ0) is 23.1.